The molecule has 1 rings (SSSR count). The molecule has 0 aliphatic carbocycles. The summed E-state index contributed by atoms with van der Waals surface area (Å²) in [6.45, 7) is 1.69. The van der Waals surface area contributed by atoms with Gasteiger partial charge in [-0.1, -0.05) is 33.6 Å². The molecule has 1 N–H and O–H groups in total. The van der Waals surface area contributed by atoms with Gasteiger partial charge in [0.1, 0.15) is 0 Å². The first-order valence-electron chi connectivity index (χ1n) is 4.60. The molecular weight excluding hydrogens is 295 g/mol. The lowest BCUT2D eigenvalue weighted by Crippen LogP contribution is -2.14. The third kappa shape index (κ3) is 3.32. The maximum absolute atomic E-state index is 11.8. The zero-order chi connectivity index (χ0) is 12.3. The maximum Gasteiger partial charge on any atom is 0.307 e. The van der Waals surface area contributed by atoms with Gasteiger partial charge in [-0.2, -0.15) is 0 Å². The van der Waals surface area contributed by atoms with Gasteiger partial charge in [0.15, 0.2) is 5.78 Å². The van der Waals surface area contributed by atoms with E-state index in [4.69, 9.17) is 16.7 Å². The highest BCUT2D eigenvalue weighted by molar-refractivity contribution is 9.10. The van der Waals surface area contributed by atoms with Gasteiger partial charge in [0.2, 0.25) is 0 Å². The van der Waals surface area contributed by atoms with Crippen LogP contribution in [0.4, 0.5) is 0 Å². The van der Waals surface area contributed by atoms with Crippen molar-refractivity contribution >= 4 is 39.3 Å². The second kappa shape index (κ2) is 5.46. The van der Waals surface area contributed by atoms with Crippen LogP contribution in [0.3, 0.4) is 0 Å². The molecule has 0 bridgehead atoms. The molecule has 0 saturated carbocycles. The van der Waals surface area contributed by atoms with Gasteiger partial charge in [0.05, 0.1) is 11.2 Å². The Morgan fingerprint density at radius 3 is 2.62 bits per heavy atom. The summed E-state index contributed by atoms with van der Waals surface area (Å²) in [6.07, 6.45) is -0.183. The summed E-state index contributed by atoms with van der Waals surface area (Å²) in [7, 11) is 0. The number of aliphatic carboxylic acids is 1. The smallest absolute Gasteiger partial charge is 0.307 e. The third-order valence-electron chi connectivity index (χ3n) is 2.04. The number of rotatable bonds is 4. The van der Waals surface area contributed by atoms with Crippen molar-refractivity contribution < 1.29 is 14.7 Å². The minimum Gasteiger partial charge on any atom is -0.481 e. The fourth-order valence-electron chi connectivity index (χ4n) is 1.31. The Labute approximate surface area is 107 Å². The van der Waals surface area contributed by atoms with Crippen molar-refractivity contribution in [2.45, 2.75) is 18.2 Å². The predicted octanol–water partition coefficient (Wildman–Crippen LogP) is 2.93. The summed E-state index contributed by atoms with van der Waals surface area (Å²) in [5.41, 5.74) is 0.840. The molecule has 5 heteroatoms. The maximum atomic E-state index is 11.8. The van der Waals surface area contributed by atoms with Gasteiger partial charge in [-0.25, -0.2) is 0 Å². The number of carboxylic acid groups (broad SMARTS) is 1. The lowest BCUT2D eigenvalue weighted by Gasteiger charge is -2.08. The number of halogens is 2. The number of Topliss-reactive ketones (excluding diaryl/α,β-unsaturated/α-hetero) is 1. The number of carbonyl (C=O) groups excluding carboxylic acids is 1. The molecule has 1 aromatic rings. The molecular formula is C11H10BrClO3. The number of alkyl halides is 1. The highest BCUT2D eigenvalue weighted by atomic mass is 79.9. The van der Waals surface area contributed by atoms with Gasteiger partial charge in [0.25, 0.3) is 0 Å². The first-order valence-corrected chi connectivity index (χ1v) is 5.89. The number of carboxylic acids is 1. The number of ketones is 1. The number of benzene rings is 1. The molecule has 86 valence electrons. The van der Waals surface area contributed by atoms with Gasteiger partial charge in [-0.15, -0.1) is 0 Å². The topological polar surface area (TPSA) is 54.4 Å². The largest absolute Gasteiger partial charge is 0.481 e. The van der Waals surface area contributed by atoms with Crippen LogP contribution in [0, 0.1) is 0 Å². The molecule has 0 heterocycles. The normalized spacial score (nSPS) is 12.2. The van der Waals surface area contributed by atoms with Crippen molar-refractivity contribution in [3.05, 3.63) is 34.3 Å². The molecule has 0 saturated heterocycles. The van der Waals surface area contributed by atoms with E-state index >= 15 is 0 Å². The standard InChI is InChI=1S/C11H10BrClO3/c1-6(12)11(16)9-5-8(13)3-2-7(9)4-10(14)15/h2-3,5-6H,4H2,1H3,(H,14,15). The zero-order valence-corrected chi connectivity index (χ0v) is 10.9. The summed E-state index contributed by atoms with van der Waals surface area (Å²) in [5, 5.41) is 9.15. The van der Waals surface area contributed by atoms with E-state index in [2.05, 4.69) is 15.9 Å². The molecule has 16 heavy (non-hydrogen) atoms. The van der Waals surface area contributed by atoms with Crippen molar-refractivity contribution in [3.8, 4) is 0 Å². The van der Waals surface area contributed by atoms with Crippen molar-refractivity contribution in [2.24, 2.45) is 0 Å². The van der Waals surface area contributed by atoms with Gasteiger partial charge >= 0.3 is 5.97 Å². The zero-order valence-electron chi connectivity index (χ0n) is 8.54. The highest BCUT2D eigenvalue weighted by Crippen LogP contribution is 2.20. The fourth-order valence-corrected chi connectivity index (χ4v) is 1.73. The van der Waals surface area contributed by atoms with Crippen LogP contribution < -0.4 is 0 Å². The summed E-state index contributed by atoms with van der Waals surface area (Å²) in [4.78, 5) is 22.1. The van der Waals surface area contributed by atoms with Crippen LogP contribution in [0.2, 0.25) is 5.02 Å². The van der Waals surface area contributed by atoms with Crippen LogP contribution in [0.25, 0.3) is 0 Å². The molecule has 1 atom stereocenters. The average Bonchev–Trinajstić information content (AvgIpc) is 2.18. The quantitative estimate of drug-likeness (QED) is 0.687. The molecule has 0 spiro atoms. The number of carbonyl (C=O) groups is 2. The van der Waals surface area contributed by atoms with Crippen molar-refractivity contribution in [3.63, 3.8) is 0 Å². The minimum absolute atomic E-state index is 0.168. The molecule has 0 aromatic heterocycles. The summed E-state index contributed by atoms with van der Waals surface area (Å²) >= 11 is 8.95. The molecule has 1 unspecified atom stereocenters. The van der Waals surface area contributed by atoms with E-state index in [0.29, 0.717) is 16.1 Å². The number of hydrogen-bond donors (Lipinski definition) is 1. The predicted molar refractivity (Wildman–Crippen MR) is 65.5 cm³/mol. The second-order valence-electron chi connectivity index (χ2n) is 3.35. The molecule has 3 nitrogen and oxygen atoms in total. The van der Waals surface area contributed by atoms with E-state index in [-0.39, 0.29) is 17.0 Å². The molecule has 0 radical (unpaired) electrons. The Morgan fingerprint density at radius 2 is 2.12 bits per heavy atom. The van der Waals surface area contributed by atoms with Gasteiger partial charge in [-0.3, -0.25) is 9.59 Å². The van der Waals surface area contributed by atoms with Crippen molar-refractivity contribution in [1.29, 1.82) is 0 Å². The Morgan fingerprint density at radius 1 is 1.50 bits per heavy atom. The highest BCUT2D eigenvalue weighted by Gasteiger charge is 2.17. The Kier molecular flexibility index (Phi) is 4.50. The van der Waals surface area contributed by atoms with Gasteiger partial charge < -0.3 is 5.11 Å². The third-order valence-corrected chi connectivity index (χ3v) is 2.69. The molecule has 0 fully saturated rings. The van der Waals surface area contributed by atoms with Crippen molar-refractivity contribution in [1.82, 2.24) is 0 Å². The van der Waals surface area contributed by atoms with Gasteiger partial charge in [0, 0.05) is 10.6 Å². The van der Waals surface area contributed by atoms with E-state index in [1.165, 1.54) is 6.07 Å². The van der Waals surface area contributed by atoms with E-state index in [1.54, 1.807) is 19.1 Å². The summed E-state index contributed by atoms with van der Waals surface area (Å²) < 4.78 is 0. The van der Waals surface area contributed by atoms with E-state index in [1.807, 2.05) is 0 Å². The molecule has 0 aliphatic heterocycles. The van der Waals surface area contributed by atoms with Gasteiger partial charge in [-0.05, 0) is 24.6 Å². The monoisotopic (exact) mass is 304 g/mol. The first-order chi connectivity index (χ1) is 7.41. The SMILES string of the molecule is CC(Br)C(=O)c1cc(Cl)ccc1CC(=O)O. The minimum atomic E-state index is -0.974. The lowest BCUT2D eigenvalue weighted by atomic mass is 10.00. The molecule has 0 amide bonds. The number of hydrogen-bond acceptors (Lipinski definition) is 2. The van der Waals surface area contributed by atoms with Crippen LogP contribution in [0.15, 0.2) is 18.2 Å². The van der Waals surface area contributed by atoms with Crippen LogP contribution in [0.5, 0.6) is 0 Å². The first kappa shape index (κ1) is 13.2. The second-order valence-corrected chi connectivity index (χ2v) is 5.16. The molecule has 0 aliphatic rings. The Balaban J connectivity index is 3.17. The molecule has 1 aromatic carbocycles. The van der Waals surface area contributed by atoms with Crippen molar-refractivity contribution in [2.75, 3.05) is 0 Å². The Bertz CT molecular complexity index is 429. The van der Waals surface area contributed by atoms with Crippen LogP contribution in [-0.4, -0.2) is 21.7 Å². The Hall–Kier alpha value is -0.870. The van der Waals surface area contributed by atoms with E-state index < -0.39 is 5.97 Å². The van der Waals surface area contributed by atoms with Crippen LogP contribution in [-0.2, 0) is 11.2 Å². The van der Waals surface area contributed by atoms with E-state index in [0.717, 1.165) is 0 Å². The summed E-state index contributed by atoms with van der Waals surface area (Å²) in [6, 6.07) is 4.65. The fraction of sp³-hybridized carbons (Fsp3) is 0.273. The lowest BCUT2D eigenvalue weighted by molar-refractivity contribution is -0.136. The average molecular weight is 306 g/mol. The van der Waals surface area contributed by atoms with E-state index in [9.17, 15) is 9.59 Å². The van der Waals surface area contributed by atoms with Crippen LogP contribution in [0.1, 0.15) is 22.8 Å². The summed E-state index contributed by atoms with van der Waals surface area (Å²) in [5.74, 6) is -1.14. The van der Waals surface area contributed by atoms with Crippen LogP contribution >= 0.6 is 27.5 Å².